The number of rotatable bonds is 3. The van der Waals surface area contributed by atoms with Crippen LogP contribution in [0.4, 0.5) is 4.79 Å². The van der Waals surface area contributed by atoms with E-state index < -0.39 is 5.60 Å². The average molecular weight is 315 g/mol. The molecular weight excluding hydrogens is 294 g/mol. The number of ether oxygens (including phenoxy) is 2. The van der Waals surface area contributed by atoms with Crippen LogP contribution < -0.4 is 0 Å². The van der Waals surface area contributed by atoms with Gasteiger partial charge in [-0.05, 0) is 38.3 Å². The fraction of sp³-hybridized carbons (Fsp3) is 0.444. The van der Waals surface area contributed by atoms with Crippen LogP contribution in [0.25, 0.3) is 0 Å². The minimum atomic E-state index is -0.760. The molecule has 1 aromatic rings. The summed E-state index contributed by atoms with van der Waals surface area (Å²) in [6, 6.07) is 9.41. The first-order chi connectivity index (χ1) is 11.0. The Bertz CT molecular complexity index is 640. The van der Waals surface area contributed by atoms with Crippen LogP contribution in [-0.4, -0.2) is 35.2 Å². The van der Waals surface area contributed by atoms with E-state index in [-0.39, 0.29) is 24.7 Å². The highest BCUT2D eigenvalue weighted by Crippen LogP contribution is 2.36. The molecule has 0 radical (unpaired) electrons. The molecule has 0 bridgehead atoms. The highest BCUT2D eigenvalue weighted by molar-refractivity contribution is 5.91. The number of likely N-dealkylation sites (tertiary alicyclic amines) is 1. The molecule has 2 aliphatic heterocycles. The minimum absolute atomic E-state index is 0.174. The van der Waals surface area contributed by atoms with Crippen molar-refractivity contribution in [1.82, 2.24) is 4.90 Å². The Balaban J connectivity index is 1.67. The highest BCUT2D eigenvalue weighted by atomic mass is 16.6. The first kappa shape index (κ1) is 15.6. The zero-order chi connectivity index (χ0) is 16.4. The van der Waals surface area contributed by atoms with E-state index in [1.807, 2.05) is 43.3 Å². The summed E-state index contributed by atoms with van der Waals surface area (Å²) < 4.78 is 10.9. The van der Waals surface area contributed by atoms with E-state index in [2.05, 4.69) is 0 Å². The van der Waals surface area contributed by atoms with Gasteiger partial charge in [0.15, 0.2) is 0 Å². The van der Waals surface area contributed by atoms with Gasteiger partial charge in [0.2, 0.25) is 0 Å². The Labute approximate surface area is 135 Å². The van der Waals surface area contributed by atoms with Crippen LogP contribution in [0.1, 0.15) is 32.3 Å². The molecule has 1 saturated heterocycles. The first-order valence-corrected chi connectivity index (χ1v) is 7.90. The maximum absolute atomic E-state index is 12.4. The van der Waals surface area contributed by atoms with Crippen molar-refractivity contribution in [2.24, 2.45) is 0 Å². The summed E-state index contributed by atoms with van der Waals surface area (Å²) in [4.78, 5) is 25.8. The molecule has 23 heavy (non-hydrogen) atoms. The molecule has 2 aliphatic rings. The van der Waals surface area contributed by atoms with E-state index in [4.69, 9.17) is 9.47 Å². The van der Waals surface area contributed by atoms with Crippen LogP contribution in [0.15, 0.2) is 42.0 Å². The fourth-order valence-electron chi connectivity index (χ4n) is 3.35. The van der Waals surface area contributed by atoms with Crippen molar-refractivity contribution in [3.8, 4) is 0 Å². The maximum Gasteiger partial charge on any atom is 0.410 e. The molecule has 1 aromatic carbocycles. The number of benzene rings is 1. The van der Waals surface area contributed by atoms with E-state index in [9.17, 15) is 9.59 Å². The molecule has 5 heteroatoms. The Morgan fingerprint density at radius 2 is 2.13 bits per heavy atom. The monoisotopic (exact) mass is 315 g/mol. The molecule has 5 nitrogen and oxygen atoms in total. The number of amides is 1. The minimum Gasteiger partial charge on any atom is -0.450 e. The number of carbonyl (C=O) groups excluding carboxylic acids is 2. The van der Waals surface area contributed by atoms with E-state index >= 15 is 0 Å². The van der Waals surface area contributed by atoms with Crippen LogP contribution in [0.3, 0.4) is 0 Å². The van der Waals surface area contributed by atoms with Crippen molar-refractivity contribution in [2.75, 3.05) is 6.54 Å². The van der Waals surface area contributed by atoms with Gasteiger partial charge in [-0.3, -0.25) is 0 Å². The Kier molecular flexibility index (Phi) is 4.11. The zero-order valence-corrected chi connectivity index (χ0v) is 13.5. The molecule has 0 unspecified atom stereocenters. The summed E-state index contributed by atoms with van der Waals surface area (Å²) >= 11 is 0. The summed E-state index contributed by atoms with van der Waals surface area (Å²) in [5, 5.41) is 0. The van der Waals surface area contributed by atoms with Gasteiger partial charge in [0, 0.05) is 12.1 Å². The molecule has 1 fully saturated rings. The lowest BCUT2D eigenvalue weighted by molar-refractivity contribution is -0.149. The second-order valence-electron chi connectivity index (χ2n) is 6.29. The molecule has 1 amide bonds. The standard InChI is InChI=1S/C18H21NO4/c1-13-11-18(2,23-16(13)20)15-9-6-10-19(15)17(21)22-12-14-7-4-3-5-8-14/h3-5,7-8,11,15H,6,9-10,12H2,1-2H3/t15-,18-/m1/s1. The third kappa shape index (κ3) is 3.09. The Morgan fingerprint density at radius 3 is 2.78 bits per heavy atom. The SMILES string of the molecule is CC1=C[C@](C)([C@H]2CCCN2C(=O)OCc2ccccc2)OC1=O. The van der Waals surface area contributed by atoms with Crippen LogP contribution in [0.5, 0.6) is 0 Å². The average Bonchev–Trinajstić information content (AvgIpc) is 3.12. The predicted octanol–water partition coefficient (Wildman–Crippen LogP) is 3.05. The van der Waals surface area contributed by atoms with Crippen molar-refractivity contribution >= 4 is 12.1 Å². The molecule has 0 saturated carbocycles. The molecule has 0 N–H and O–H groups in total. The molecule has 3 rings (SSSR count). The third-order valence-electron chi connectivity index (χ3n) is 4.49. The number of carbonyl (C=O) groups is 2. The number of hydrogen-bond acceptors (Lipinski definition) is 4. The van der Waals surface area contributed by atoms with Crippen LogP contribution in [0, 0.1) is 0 Å². The zero-order valence-electron chi connectivity index (χ0n) is 13.5. The van der Waals surface area contributed by atoms with Crippen molar-refractivity contribution in [3.05, 3.63) is 47.5 Å². The van der Waals surface area contributed by atoms with E-state index in [0.29, 0.717) is 12.1 Å². The van der Waals surface area contributed by atoms with Crippen molar-refractivity contribution in [3.63, 3.8) is 0 Å². The van der Waals surface area contributed by atoms with Gasteiger partial charge in [0.1, 0.15) is 12.2 Å². The summed E-state index contributed by atoms with van der Waals surface area (Å²) in [6.45, 7) is 4.46. The molecular formula is C18H21NO4. The number of cyclic esters (lactones) is 1. The lowest BCUT2D eigenvalue weighted by Gasteiger charge is -2.34. The van der Waals surface area contributed by atoms with Crippen LogP contribution in [0.2, 0.25) is 0 Å². The lowest BCUT2D eigenvalue weighted by Crippen LogP contribution is -2.49. The van der Waals surface area contributed by atoms with Gasteiger partial charge in [-0.2, -0.15) is 0 Å². The second kappa shape index (κ2) is 6.07. The fourth-order valence-corrected chi connectivity index (χ4v) is 3.35. The lowest BCUT2D eigenvalue weighted by atomic mass is 9.93. The van der Waals surface area contributed by atoms with Gasteiger partial charge in [-0.15, -0.1) is 0 Å². The third-order valence-corrected chi connectivity index (χ3v) is 4.49. The van der Waals surface area contributed by atoms with Crippen molar-refractivity contribution in [2.45, 2.75) is 44.9 Å². The topological polar surface area (TPSA) is 55.8 Å². The van der Waals surface area contributed by atoms with Crippen LogP contribution in [-0.2, 0) is 20.9 Å². The first-order valence-electron chi connectivity index (χ1n) is 7.90. The molecule has 2 atom stereocenters. The largest absolute Gasteiger partial charge is 0.450 e. The van der Waals surface area contributed by atoms with E-state index in [0.717, 1.165) is 18.4 Å². The normalized spacial score (nSPS) is 26.9. The molecule has 122 valence electrons. The highest BCUT2D eigenvalue weighted by Gasteiger charge is 2.48. The van der Waals surface area contributed by atoms with Gasteiger partial charge in [-0.1, -0.05) is 30.3 Å². The summed E-state index contributed by atoms with van der Waals surface area (Å²) in [6.07, 6.45) is 3.15. The van der Waals surface area contributed by atoms with Gasteiger partial charge < -0.3 is 14.4 Å². The maximum atomic E-state index is 12.4. The Hall–Kier alpha value is -2.30. The van der Waals surface area contributed by atoms with E-state index in [1.165, 1.54) is 0 Å². The smallest absolute Gasteiger partial charge is 0.410 e. The molecule has 2 heterocycles. The molecule has 0 aliphatic carbocycles. The Morgan fingerprint density at radius 1 is 1.39 bits per heavy atom. The number of nitrogens with zero attached hydrogens (tertiary/aromatic N) is 1. The molecule has 0 spiro atoms. The molecule has 0 aromatic heterocycles. The van der Waals surface area contributed by atoms with Gasteiger partial charge in [0.05, 0.1) is 6.04 Å². The number of esters is 1. The summed E-state index contributed by atoms with van der Waals surface area (Å²) in [5.74, 6) is -0.308. The van der Waals surface area contributed by atoms with Gasteiger partial charge >= 0.3 is 12.1 Å². The second-order valence-corrected chi connectivity index (χ2v) is 6.29. The summed E-state index contributed by atoms with van der Waals surface area (Å²) in [7, 11) is 0. The number of hydrogen-bond donors (Lipinski definition) is 0. The summed E-state index contributed by atoms with van der Waals surface area (Å²) in [5.41, 5.74) is 0.784. The van der Waals surface area contributed by atoms with Gasteiger partial charge in [0.25, 0.3) is 0 Å². The predicted molar refractivity (Wildman–Crippen MR) is 84.6 cm³/mol. The van der Waals surface area contributed by atoms with Gasteiger partial charge in [-0.25, -0.2) is 9.59 Å². The quantitative estimate of drug-likeness (QED) is 0.805. The van der Waals surface area contributed by atoms with Crippen LogP contribution >= 0.6 is 0 Å². The van der Waals surface area contributed by atoms with Crippen molar-refractivity contribution < 1.29 is 19.1 Å². The van der Waals surface area contributed by atoms with E-state index in [1.54, 1.807) is 11.8 Å². The van der Waals surface area contributed by atoms with Crippen molar-refractivity contribution in [1.29, 1.82) is 0 Å².